The van der Waals surface area contributed by atoms with Gasteiger partial charge in [0.2, 0.25) is 0 Å². The first-order chi connectivity index (χ1) is 9.74. The molecule has 0 radical (unpaired) electrons. The van der Waals surface area contributed by atoms with Crippen LogP contribution in [0.4, 0.5) is 5.69 Å². The molecule has 1 aliphatic carbocycles. The molecule has 0 bridgehead atoms. The fourth-order valence-electron chi connectivity index (χ4n) is 2.70. The van der Waals surface area contributed by atoms with Crippen LogP contribution in [0.25, 0.3) is 16.7 Å². The first-order valence-corrected chi connectivity index (χ1v) is 7.02. The topological polar surface area (TPSA) is 53.0 Å². The van der Waals surface area contributed by atoms with Crippen LogP contribution in [0.1, 0.15) is 31.2 Å². The van der Waals surface area contributed by atoms with E-state index in [9.17, 15) is 5.21 Å². The van der Waals surface area contributed by atoms with Crippen molar-refractivity contribution in [1.29, 1.82) is 0 Å². The molecule has 2 N–H and O–H groups in total. The number of nitrogens with zero attached hydrogens (tertiary/aromatic N) is 1. The van der Waals surface area contributed by atoms with Gasteiger partial charge in [0, 0.05) is 23.4 Å². The minimum Gasteiger partial charge on any atom is -0.619 e. The van der Waals surface area contributed by atoms with E-state index in [1.807, 2.05) is 24.3 Å². The highest BCUT2D eigenvalue weighted by Gasteiger charge is 2.11. The third-order valence-electron chi connectivity index (χ3n) is 3.83. The molecule has 0 amide bonds. The number of nitrogen functional groups attached to an aromatic ring is 1. The van der Waals surface area contributed by atoms with Crippen LogP contribution in [-0.4, -0.2) is 0 Å². The summed E-state index contributed by atoms with van der Waals surface area (Å²) in [6.45, 7) is 0. The lowest BCUT2D eigenvalue weighted by Gasteiger charge is -2.16. The summed E-state index contributed by atoms with van der Waals surface area (Å²) >= 11 is 0. The molecule has 0 fully saturated rings. The smallest absolute Gasteiger partial charge is 0.180 e. The first-order valence-electron chi connectivity index (χ1n) is 7.02. The predicted octanol–water partition coefficient (Wildman–Crippen LogP) is 3.53. The number of hydrogen-bond donors (Lipinski definition) is 1. The molecule has 0 spiro atoms. The minimum absolute atomic E-state index is 0.797. The number of anilines is 1. The van der Waals surface area contributed by atoms with E-state index in [0.29, 0.717) is 0 Å². The molecule has 1 heterocycles. The predicted molar refractivity (Wildman–Crippen MR) is 81.7 cm³/mol. The van der Waals surface area contributed by atoms with Crippen molar-refractivity contribution in [3.8, 4) is 11.1 Å². The highest BCUT2D eigenvalue weighted by atomic mass is 16.5. The molecule has 0 unspecified atom stereocenters. The van der Waals surface area contributed by atoms with Crippen molar-refractivity contribution in [2.24, 2.45) is 0 Å². The molecule has 0 saturated heterocycles. The van der Waals surface area contributed by atoms with E-state index in [1.165, 1.54) is 30.8 Å². The monoisotopic (exact) mass is 266 g/mol. The quantitative estimate of drug-likeness (QED) is 0.513. The molecule has 1 aromatic heterocycles. The number of benzene rings is 1. The van der Waals surface area contributed by atoms with E-state index >= 15 is 0 Å². The van der Waals surface area contributed by atoms with Gasteiger partial charge < -0.3 is 10.9 Å². The van der Waals surface area contributed by atoms with Gasteiger partial charge in [-0.1, -0.05) is 12.1 Å². The second-order valence-electron chi connectivity index (χ2n) is 5.22. The van der Waals surface area contributed by atoms with Gasteiger partial charge in [-0.3, -0.25) is 0 Å². The molecular weight excluding hydrogens is 248 g/mol. The fourth-order valence-corrected chi connectivity index (χ4v) is 2.70. The van der Waals surface area contributed by atoms with Gasteiger partial charge in [0.25, 0.3) is 0 Å². The van der Waals surface area contributed by atoms with Crippen LogP contribution >= 0.6 is 0 Å². The highest BCUT2D eigenvalue weighted by Crippen LogP contribution is 2.33. The van der Waals surface area contributed by atoms with Gasteiger partial charge in [-0.25, -0.2) is 0 Å². The Balaban J connectivity index is 2.01. The Bertz CT molecular complexity index is 645. The van der Waals surface area contributed by atoms with Gasteiger partial charge >= 0.3 is 0 Å². The van der Waals surface area contributed by atoms with E-state index < -0.39 is 0 Å². The van der Waals surface area contributed by atoms with Crippen LogP contribution in [0.15, 0.2) is 48.8 Å². The van der Waals surface area contributed by atoms with Crippen LogP contribution in [0.2, 0.25) is 0 Å². The molecule has 1 aromatic carbocycles. The van der Waals surface area contributed by atoms with Crippen molar-refractivity contribution in [2.75, 3.05) is 5.73 Å². The van der Waals surface area contributed by atoms with Crippen LogP contribution in [0.5, 0.6) is 0 Å². The molecule has 3 nitrogen and oxygen atoms in total. The maximum Gasteiger partial charge on any atom is 0.180 e. The SMILES string of the molecule is Nc1ccc(-c2cc[n+]([O-])cc2)cc1C1=CCCCC1. The van der Waals surface area contributed by atoms with Crippen molar-refractivity contribution < 1.29 is 4.73 Å². The second-order valence-corrected chi connectivity index (χ2v) is 5.22. The van der Waals surface area contributed by atoms with E-state index in [2.05, 4.69) is 12.1 Å². The van der Waals surface area contributed by atoms with Crippen molar-refractivity contribution in [1.82, 2.24) is 0 Å². The summed E-state index contributed by atoms with van der Waals surface area (Å²) in [5.74, 6) is 0. The number of pyridine rings is 1. The summed E-state index contributed by atoms with van der Waals surface area (Å²) in [7, 11) is 0. The number of nitrogens with two attached hydrogens (primary N) is 1. The summed E-state index contributed by atoms with van der Waals surface area (Å²) in [4.78, 5) is 0. The maximum absolute atomic E-state index is 11.1. The molecule has 0 atom stereocenters. The lowest BCUT2D eigenvalue weighted by Crippen LogP contribution is -2.23. The summed E-state index contributed by atoms with van der Waals surface area (Å²) in [5.41, 5.74) is 11.6. The van der Waals surface area contributed by atoms with Gasteiger partial charge in [0.15, 0.2) is 12.4 Å². The van der Waals surface area contributed by atoms with Crippen molar-refractivity contribution in [2.45, 2.75) is 25.7 Å². The Kier molecular flexibility index (Phi) is 3.42. The van der Waals surface area contributed by atoms with Crippen LogP contribution in [-0.2, 0) is 0 Å². The zero-order valence-electron chi connectivity index (χ0n) is 11.4. The summed E-state index contributed by atoms with van der Waals surface area (Å²) in [6, 6.07) is 9.76. The van der Waals surface area contributed by atoms with Crippen molar-refractivity contribution >= 4 is 11.3 Å². The van der Waals surface area contributed by atoms with E-state index in [-0.39, 0.29) is 0 Å². The number of allylic oxidation sites excluding steroid dienone is 2. The van der Waals surface area contributed by atoms with Crippen LogP contribution in [0, 0.1) is 5.21 Å². The number of hydrogen-bond acceptors (Lipinski definition) is 2. The average molecular weight is 266 g/mol. The molecule has 3 rings (SSSR count). The maximum atomic E-state index is 11.1. The molecule has 20 heavy (non-hydrogen) atoms. The third kappa shape index (κ3) is 2.52. The molecule has 0 aliphatic heterocycles. The van der Waals surface area contributed by atoms with Gasteiger partial charge in [-0.2, -0.15) is 4.73 Å². The van der Waals surface area contributed by atoms with Crippen molar-refractivity contribution in [3.63, 3.8) is 0 Å². The minimum atomic E-state index is 0.797. The Morgan fingerprint density at radius 1 is 1.00 bits per heavy atom. The second kappa shape index (κ2) is 5.37. The Hall–Kier alpha value is -2.29. The summed E-state index contributed by atoms with van der Waals surface area (Å²) in [6.07, 6.45) is 10.1. The third-order valence-corrected chi connectivity index (χ3v) is 3.83. The Morgan fingerprint density at radius 2 is 1.80 bits per heavy atom. The van der Waals surface area contributed by atoms with Crippen molar-refractivity contribution in [3.05, 3.63) is 59.6 Å². The molecule has 2 aromatic rings. The lowest BCUT2D eigenvalue weighted by atomic mass is 9.91. The molecule has 102 valence electrons. The normalized spacial score (nSPS) is 14.9. The van der Waals surface area contributed by atoms with E-state index in [0.717, 1.165) is 39.9 Å². The zero-order chi connectivity index (χ0) is 13.9. The van der Waals surface area contributed by atoms with Crippen LogP contribution in [0.3, 0.4) is 0 Å². The van der Waals surface area contributed by atoms with E-state index in [4.69, 9.17) is 5.73 Å². The van der Waals surface area contributed by atoms with Crippen LogP contribution < -0.4 is 10.5 Å². The Labute approximate surface area is 119 Å². The molecule has 3 heteroatoms. The molecule has 1 aliphatic rings. The average Bonchev–Trinajstić information content (AvgIpc) is 2.50. The largest absolute Gasteiger partial charge is 0.619 e. The first kappa shape index (κ1) is 12.7. The molecular formula is C17H18N2O. The van der Waals surface area contributed by atoms with Gasteiger partial charge in [-0.15, -0.1) is 0 Å². The van der Waals surface area contributed by atoms with Gasteiger partial charge in [0.1, 0.15) is 0 Å². The standard InChI is InChI=1S/C17H18N2O/c18-17-7-6-15(13-8-10-19(20)11-9-13)12-16(17)14-4-2-1-3-5-14/h4,6-12H,1-3,5,18H2. The molecule has 0 saturated carbocycles. The van der Waals surface area contributed by atoms with Gasteiger partial charge in [-0.05, 0) is 54.5 Å². The summed E-state index contributed by atoms with van der Waals surface area (Å²) < 4.78 is 0.797. The van der Waals surface area contributed by atoms with Gasteiger partial charge in [0.05, 0.1) is 0 Å². The number of rotatable bonds is 2. The lowest BCUT2D eigenvalue weighted by molar-refractivity contribution is -0.605. The number of aromatic nitrogens is 1. The highest BCUT2D eigenvalue weighted by molar-refractivity contribution is 5.80. The summed E-state index contributed by atoms with van der Waals surface area (Å²) in [5, 5.41) is 11.1. The van der Waals surface area contributed by atoms with E-state index in [1.54, 1.807) is 0 Å². The zero-order valence-corrected chi connectivity index (χ0v) is 11.4. The Morgan fingerprint density at radius 3 is 2.50 bits per heavy atom. The fraction of sp³-hybridized carbons (Fsp3) is 0.235.